The van der Waals surface area contributed by atoms with Gasteiger partial charge >= 0.3 is 0 Å². The molecule has 4 heteroatoms. The molecule has 1 aliphatic heterocycles. The Balaban J connectivity index is 0.815. The third-order valence-electron chi connectivity index (χ3n) is 15.8. The molecule has 0 saturated heterocycles. The highest BCUT2D eigenvalue weighted by molar-refractivity contribution is 6.11. The van der Waals surface area contributed by atoms with E-state index in [0.717, 1.165) is 90.1 Å². The molecule has 0 radical (unpaired) electrons. The Hall–Kier alpha value is -10.0. The molecular weight excluding hydrogens is 969 g/mol. The van der Waals surface area contributed by atoms with E-state index in [9.17, 15) is 0 Å². The molecule has 382 valence electrons. The first-order valence-corrected chi connectivity index (χ1v) is 27.5. The Labute approximate surface area is 468 Å². The van der Waals surface area contributed by atoms with Crippen LogP contribution in [0.15, 0.2) is 282 Å². The Morgan fingerprint density at radius 1 is 0.362 bits per heavy atom. The standard InChI is InChI=1S/C76H58N4/c1-50(62-41-35-55-17-5-9-21-64(55)45-62)74(68-43-37-57-19-7-11-23-66(57)47-68)78-53(4)71-26-14-16-28-73(71)77-52(3)54-29-31-59(32-30-54)60-33-39-61(40-34-60)76-79-72-27-15-13-25-70(72)49-80(76)75(69-44-38-58-20-8-12-24-67(58)48-69)51(2)63-42-36-56-18-6-10-22-65(56)46-63/h5-48H,49H2,1-4H3/b74-50+,75-51+,77-52?,78-53?. The summed E-state index contributed by atoms with van der Waals surface area (Å²) in [5.41, 5.74) is 19.1. The van der Waals surface area contributed by atoms with E-state index in [1.807, 2.05) is 0 Å². The molecule has 12 aromatic carbocycles. The fourth-order valence-corrected chi connectivity index (χ4v) is 11.4. The first kappa shape index (κ1) is 49.5. The lowest BCUT2D eigenvalue weighted by Gasteiger charge is -2.34. The second kappa shape index (κ2) is 21.4. The number of para-hydroxylation sites is 2. The summed E-state index contributed by atoms with van der Waals surface area (Å²) in [5.74, 6) is 0.919. The van der Waals surface area contributed by atoms with Crippen molar-refractivity contribution in [1.29, 1.82) is 0 Å². The van der Waals surface area contributed by atoms with Crippen molar-refractivity contribution in [1.82, 2.24) is 4.90 Å². The zero-order chi connectivity index (χ0) is 54.1. The number of rotatable bonds is 11. The number of nitrogens with zero attached hydrogens (tertiary/aromatic N) is 4. The monoisotopic (exact) mass is 1030 g/mol. The van der Waals surface area contributed by atoms with Gasteiger partial charge in [0.25, 0.3) is 0 Å². The lowest BCUT2D eigenvalue weighted by atomic mass is 9.94. The first-order valence-electron chi connectivity index (χ1n) is 27.5. The minimum atomic E-state index is 0.679. The van der Waals surface area contributed by atoms with Crippen molar-refractivity contribution >= 4 is 94.3 Å². The summed E-state index contributed by atoms with van der Waals surface area (Å²) < 4.78 is 0. The fourth-order valence-electron chi connectivity index (χ4n) is 11.4. The van der Waals surface area contributed by atoms with Crippen LogP contribution in [-0.4, -0.2) is 22.2 Å². The maximum atomic E-state index is 5.49. The molecule has 0 N–H and O–H groups in total. The second-order valence-corrected chi connectivity index (χ2v) is 20.9. The number of benzene rings is 12. The van der Waals surface area contributed by atoms with Crippen molar-refractivity contribution in [2.45, 2.75) is 34.2 Å². The summed E-state index contributed by atoms with van der Waals surface area (Å²) >= 11 is 0. The largest absolute Gasteiger partial charge is 0.321 e. The summed E-state index contributed by atoms with van der Waals surface area (Å²) in [7, 11) is 0. The lowest BCUT2D eigenvalue weighted by Crippen LogP contribution is -2.32. The molecule has 0 spiro atoms. The molecule has 0 aliphatic carbocycles. The van der Waals surface area contributed by atoms with Crippen LogP contribution < -0.4 is 0 Å². The molecular formula is C76H58N4. The number of hydrogen-bond donors (Lipinski definition) is 0. The van der Waals surface area contributed by atoms with Crippen LogP contribution in [0.1, 0.15) is 72.2 Å². The average molecular weight is 1030 g/mol. The SMILES string of the molecule is CC(=Nc1ccccc1C(C)=N/C(=C(\C)c1ccc2ccccc2c1)c1ccc2ccccc2c1)c1ccc(-c2ccc(C3=Nc4ccccc4CN3/C(=C(\C)c3ccc4ccccc4c3)c3ccc4ccccc4c3)cc2)cc1. The number of aliphatic imine (C=N–C) groups is 3. The zero-order valence-electron chi connectivity index (χ0n) is 45.4. The van der Waals surface area contributed by atoms with Gasteiger partial charge in [0.05, 0.1) is 29.3 Å². The normalized spacial score (nSPS) is 13.6. The Bertz CT molecular complexity index is 4530. The van der Waals surface area contributed by atoms with E-state index >= 15 is 0 Å². The van der Waals surface area contributed by atoms with Crippen LogP contribution in [0.3, 0.4) is 0 Å². The lowest BCUT2D eigenvalue weighted by molar-refractivity contribution is 0.570. The third kappa shape index (κ3) is 9.84. The number of hydrogen-bond acceptors (Lipinski definition) is 4. The first-order chi connectivity index (χ1) is 39.3. The van der Waals surface area contributed by atoms with Gasteiger partial charge in [-0.15, -0.1) is 0 Å². The predicted octanol–water partition coefficient (Wildman–Crippen LogP) is 20.0. The van der Waals surface area contributed by atoms with Crippen LogP contribution in [0.4, 0.5) is 11.4 Å². The number of amidine groups is 1. The molecule has 1 aliphatic rings. The van der Waals surface area contributed by atoms with Crippen molar-refractivity contribution in [3.8, 4) is 11.1 Å². The highest BCUT2D eigenvalue weighted by atomic mass is 15.2. The molecule has 0 bridgehead atoms. The molecule has 80 heavy (non-hydrogen) atoms. The van der Waals surface area contributed by atoms with E-state index in [1.165, 1.54) is 59.8 Å². The molecule has 0 aromatic heterocycles. The van der Waals surface area contributed by atoms with Gasteiger partial charge in [0.15, 0.2) is 0 Å². The van der Waals surface area contributed by atoms with Crippen molar-refractivity contribution in [3.05, 3.63) is 311 Å². The van der Waals surface area contributed by atoms with Crippen LogP contribution in [0.5, 0.6) is 0 Å². The van der Waals surface area contributed by atoms with Gasteiger partial charge in [-0.05, 0) is 157 Å². The Kier molecular flexibility index (Phi) is 13.3. The van der Waals surface area contributed by atoms with E-state index in [1.54, 1.807) is 0 Å². The number of allylic oxidation sites excluding steroid dienone is 2. The molecule has 0 saturated carbocycles. The van der Waals surface area contributed by atoms with Crippen molar-refractivity contribution in [3.63, 3.8) is 0 Å². The van der Waals surface area contributed by atoms with Gasteiger partial charge in [-0.25, -0.2) is 4.99 Å². The summed E-state index contributed by atoms with van der Waals surface area (Å²) in [6.07, 6.45) is 0. The summed E-state index contributed by atoms with van der Waals surface area (Å²) in [5, 5.41) is 9.67. The topological polar surface area (TPSA) is 40.3 Å². The molecule has 1 heterocycles. The van der Waals surface area contributed by atoms with Gasteiger partial charge in [0.2, 0.25) is 0 Å². The summed E-state index contributed by atoms with van der Waals surface area (Å²) in [4.78, 5) is 18.7. The maximum Gasteiger partial charge on any atom is 0.141 e. The fraction of sp³-hybridized carbons (Fsp3) is 0.0658. The van der Waals surface area contributed by atoms with Crippen LogP contribution in [-0.2, 0) is 6.54 Å². The van der Waals surface area contributed by atoms with E-state index in [-0.39, 0.29) is 0 Å². The minimum absolute atomic E-state index is 0.679. The van der Waals surface area contributed by atoms with Gasteiger partial charge < -0.3 is 4.90 Å². The predicted molar refractivity (Wildman–Crippen MR) is 341 cm³/mol. The van der Waals surface area contributed by atoms with Crippen molar-refractivity contribution in [2.24, 2.45) is 15.0 Å². The molecule has 12 aromatic rings. The van der Waals surface area contributed by atoms with Gasteiger partial charge in [-0.1, -0.05) is 231 Å². The molecule has 0 atom stereocenters. The van der Waals surface area contributed by atoms with Crippen molar-refractivity contribution < 1.29 is 0 Å². The van der Waals surface area contributed by atoms with Gasteiger partial charge in [0.1, 0.15) is 5.84 Å². The van der Waals surface area contributed by atoms with E-state index in [4.69, 9.17) is 15.0 Å². The summed E-state index contributed by atoms with van der Waals surface area (Å²) in [6.45, 7) is 9.32. The zero-order valence-corrected chi connectivity index (χ0v) is 45.4. The van der Waals surface area contributed by atoms with Crippen LogP contribution in [0.2, 0.25) is 0 Å². The molecule has 0 fully saturated rings. The van der Waals surface area contributed by atoms with E-state index < -0.39 is 0 Å². The Morgan fingerprint density at radius 2 is 0.787 bits per heavy atom. The van der Waals surface area contributed by atoms with Crippen LogP contribution >= 0.6 is 0 Å². The van der Waals surface area contributed by atoms with Gasteiger partial charge in [-0.3, -0.25) is 9.98 Å². The molecule has 4 nitrogen and oxygen atoms in total. The van der Waals surface area contributed by atoms with E-state index in [0.29, 0.717) is 6.54 Å². The maximum absolute atomic E-state index is 5.49. The second-order valence-electron chi connectivity index (χ2n) is 20.9. The molecule has 13 rings (SSSR count). The summed E-state index contributed by atoms with van der Waals surface area (Å²) in [6, 6.07) is 95.8. The number of fused-ring (bicyclic) bond motifs is 5. The third-order valence-corrected chi connectivity index (χ3v) is 15.8. The van der Waals surface area contributed by atoms with Crippen LogP contribution in [0.25, 0.3) is 76.8 Å². The van der Waals surface area contributed by atoms with E-state index in [2.05, 4.69) is 300 Å². The quantitative estimate of drug-likeness (QED) is 0.0940. The highest BCUT2D eigenvalue weighted by Crippen LogP contribution is 2.40. The van der Waals surface area contributed by atoms with Crippen LogP contribution in [0, 0.1) is 0 Å². The highest BCUT2D eigenvalue weighted by Gasteiger charge is 2.27. The molecule has 0 unspecified atom stereocenters. The smallest absolute Gasteiger partial charge is 0.141 e. The van der Waals surface area contributed by atoms with Gasteiger partial charge in [0, 0.05) is 28.1 Å². The minimum Gasteiger partial charge on any atom is -0.321 e. The van der Waals surface area contributed by atoms with Crippen molar-refractivity contribution in [2.75, 3.05) is 0 Å². The van der Waals surface area contributed by atoms with Gasteiger partial charge in [-0.2, -0.15) is 0 Å². The Morgan fingerprint density at radius 3 is 1.38 bits per heavy atom. The average Bonchev–Trinajstić information content (AvgIpc) is 3.53. The molecule has 0 amide bonds.